The Bertz CT molecular complexity index is 622. The van der Waals surface area contributed by atoms with Crippen molar-refractivity contribution in [3.63, 3.8) is 0 Å². The van der Waals surface area contributed by atoms with E-state index in [1.807, 2.05) is 36.4 Å². The van der Waals surface area contributed by atoms with Crippen LogP contribution in [0.15, 0.2) is 48.5 Å². The first-order chi connectivity index (χ1) is 9.25. The Hall–Kier alpha value is -2.29. The summed E-state index contributed by atoms with van der Waals surface area (Å²) >= 11 is 0. The molecule has 0 bridgehead atoms. The fourth-order valence-electron chi connectivity index (χ4n) is 2.48. The Morgan fingerprint density at radius 2 is 1.68 bits per heavy atom. The molecule has 0 saturated heterocycles. The fourth-order valence-corrected chi connectivity index (χ4v) is 2.48. The third-order valence-electron chi connectivity index (χ3n) is 3.44. The Morgan fingerprint density at radius 1 is 1.00 bits per heavy atom. The van der Waals surface area contributed by atoms with E-state index in [1.54, 1.807) is 0 Å². The minimum atomic E-state index is 0.0727. The molecule has 3 nitrogen and oxygen atoms in total. The zero-order chi connectivity index (χ0) is 13.2. The molecule has 0 unspecified atom stereocenters. The second-order valence-electron chi connectivity index (χ2n) is 4.75. The molecule has 2 aromatic carbocycles. The molecule has 0 aromatic heterocycles. The van der Waals surface area contributed by atoms with Gasteiger partial charge >= 0.3 is 0 Å². The van der Waals surface area contributed by atoms with Crippen LogP contribution in [-0.4, -0.2) is 12.5 Å². The van der Waals surface area contributed by atoms with Crippen LogP contribution < -0.4 is 10.2 Å². The highest BCUT2D eigenvalue weighted by Gasteiger charge is 2.20. The van der Waals surface area contributed by atoms with E-state index in [0.717, 1.165) is 17.1 Å². The lowest BCUT2D eigenvalue weighted by Crippen LogP contribution is -2.19. The molecule has 1 N–H and O–H groups in total. The lowest BCUT2D eigenvalue weighted by Gasteiger charge is -2.25. The molecule has 0 aliphatic carbocycles. The number of nitrogens with one attached hydrogen (secondary N) is 1. The number of carbonyl (C=O) groups is 1. The van der Waals surface area contributed by atoms with Crippen molar-refractivity contribution >= 4 is 23.0 Å². The number of fused-ring (bicyclic) bond motifs is 1. The number of anilines is 3. The van der Waals surface area contributed by atoms with Gasteiger partial charge in [0, 0.05) is 18.7 Å². The maximum Gasteiger partial charge on any atom is 0.226 e. The van der Waals surface area contributed by atoms with E-state index in [1.165, 1.54) is 5.56 Å². The van der Waals surface area contributed by atoms with Gasteiger partial charge in [0.25, 0.3) is 0 Å². The van der Waals surface area contributed by atoms with Crippen LogP contribution in [-0.2, 0) is 4.79 Å². The molecule has 19 heavy (non-hydrogen) atoms. The summed E-state index contributed by atoms with van der Waals surface area (Å²) in [4.78, 5) is 14.0. The number of benzene rings is 2. The number of hydrogen-bond acceptors (Lipinski definition) is 2. The largest absolute Gasteiger partial charge is 0.339 e. The molecule has 0 saturated carbocycles. The number of para-hydroxylation sites is 3. The average Bonchev–Trinajstić information content (AvgIpc) is 2.58. The molecular formula is C16H16N2O. The second kappa shape index (κ2) is 4.76. The molecule has 0 atom stereocenters. The van der Waals surface area contributed by atoms with Crippen molar-refractivity contribution in [2.24, 2.45) is 0 Å². The van der Waals surface area contributed by atoms with Crippen molar-refractivity contribution in [2.45, 2.75) is 13.3 Å². The lowest BCUT2D eigenvalue weighted by atomic mass is 10.1. The van der Waals surface area contributed by atoms with E-state index in [-0.39, 0.29) is 5.91 Å². The smallest absolute Gasteiger partial charge is 0.226 e. The average molecular weight is 252 g/mol. The molecule has 3 rings (SSSR count). The van der Waals surface area contributed by atoms with E-state index < -0.39 is 0 Å². The maximum atomic E-state index is 11.8. The molecule has 1 heterocycles. The van der Waals surface area contributed by atoms with Gasteiger partial charge in [-0.15, -0.1) is 0 Å². The third-order valence-corrected chi connectivity index (χ3v) is 3.44. The number of hydrogen-bond donors (Lipinski definition) is 1. The van der Waals surface area contributed by atoms with Gasteiger partial charge < -0.3 is 10.2 Å². The standard InChI is InChI=1S/C16H16N2O/c1-12-6-2-4-8-14(12)18-11-10-16(19)17-13-7-3-5-9-15(13)18/h2-9H,10-11H2,1H3,(H,17,19). The van der Waals surface area contributed by atoms with Gasteiger partial charge in [0.2, 0.25) is 5.91 Å². The van der Waals surface area contributed by atoms with Crippen molar-refractivity contribution in [3.8, 4) is 0 Å². The molecule has 0 fully saturated rings. The predicted molar refractivity (Wildman–Crippen MR) is 77.9 cm³/mol. The van der Waals surface area contributed by atoms with Crippen LogP contribution in [0.3, 0.4) is 0 Å². The summed E-state index contributed by atoms with van der Waals surface area (Å²) < 4.78 is 0. The minimum Gasteiger partial charge on any atom is -0.339 e. The van der Waals surface area contributed by atoms with Crippen molar-refractivity contribution in [3.05, 3.63) is 54.1 Å². The zero-order valence-electron chi connectivity index (χ0n) is 10.9. The zero-order valence-corrected chi connectivity index (χ0v) is 10.9. The highest BCUT2D eigenvalue weighted by molar-refractivity contribution is 5.97. The number of nitrogens with zero attached hydrogens (tertiary/aromatic N) is 1. The topological polar surface area (TPSA) is 32.3 Å². The number of rotatable bonds is 1. The summed E-state index contributed by atoms with van der Waals surface area (Å²) in [5.74, 6) is 0.0727. The lowest BCUT2D eigenvalue weighted by molar-refractivity contribution is -0.115. The predicted octanol–water partition coefficient (Wildman–Crippen LogP) is 3.48. The summed E-state index contributed by atoms with van der Waals surface area (Å²) in [6.45, 7) is 2.80. The van der Waals surface area contributed by atoms with Crippen molar-refractivity contribution in [2.75, 3.05) is 16.8 Å². The summed E-state index contributed by atoms with van der Waals surface area (Å²) in [5, 5.41) is 2.96. The number of amides is 1. The van der Waals surface area contributed by atoms with Gasteiger partial charge in [-0.1, -0.05) is 30.3 Å². The van der Waals surface area contributed by atoms with Gasteiger partial charge in [0.1, 0.15) is 0 Å². The first-order valence-electron chi connectivity index (χ1n) is 6.48. The van der Waals surface area contributed by atoms with Gasteiger partial charge in [0.05, 0.1) is 11.4 Å². The van der Waals surface area contributed by atoms with Gasteiger partial charge in [0.15, 0.2) is 0 Å². The van der Waals surface area contributed by atoms with E-state index in [0.29, 0.717) is 13.0 Å². The highest BCUT2D eigenvalue weighted by atomic mass is 16.1. The molecule has 2 aromatic rings. The van der Waals surface area contributed by atoms with E-state index in [9.17, 15) is 4.79 Å². The first-order valence-corrected chi connectivity index (χ1v) is 6.48. The second-order valence-corrected chi connectivity index (χ2v) is 4.75. The van der Waals surface area contributed by atoms with Crippen molar-refractivity contribution in [1.82, 2.24) is 0 Å². The quantitative estimate of drug-likeness (QED) is 0.842. The monoisotopic (exact) mass is 252 g/mol. The van der Waals surface area contributed by atoms with Crippen molar-refractivity contribution < 1.29 is 4.79 Å². The summed E-state index contributed by atoms with van der Waals surface area (Å²) in [7, 11) is 0. The van der Waals surface area contributed by atoms with E-state index in [4.69, 9.17) is 0 Å². The summed E-state index contributed by atoms with van der Waals surface area (Å²) in [6, 6.07) is 16.2. The Kier molecular flexibility index (Phi) is 2.95. The van der Waals surface area contributed by atoms with Crippen LogP contribution >= 0.6 is 0 Å². The molecule has 3 heteroatoms. The van der Waals surface area contributed by atoms with Crippen molar-refractivity contribution in [1.29, 1.82) is 0 Å². The highest BCUT2D eigenvalue weighted by Crippen LogP contribution is 2.35. The maximum absolute atomic E-state index is 11.8. The van der Waals surface area contributed by atoms with Crippen LogP contribution in [0, 0.1) is 6.92 Å². The van der Waals surface area contributed by atoms with E-state index >= 15 is 0 Å². The van der Waals surface area contributed by atoms with Gasteiger partial charge in [-0.05, 0) is 30.7 Å². The minimum absolute atomic E-state index is 0.0727. The van der Waals surface area contributed by atoms with Gasteiger partial charge in [-0.2, -0.15) is 0 Å². The van der Waals surface area contributed by atoms with Gasteiger partial charge in [-0.3, -0.25) is 4.79 Å². The summed E-state index contributed by atoms with van der Waals surface area (Å²) in [6.07, 6.45) is 0.503. The molecule has 96 valence electrons. The van der Waals surface area contributed by atoms with Crippen LogP contribution in [0.2, 0.25) is 0 Å². The Labute approximate surface area is 112 Å². The Morgan fingerprint density at radius 3 is 2.47 bits per heavy atom. The number of aryl methyl sites for hydroxylation is 1. The van der Waals surface area contributed by atoms with Crippen LogP contribution in [0.1, 0.15) is 12.0 Å². The first kappa shape index (κ1) is 11.8. The van der Waals surface area contributed by atoms with Crippen LogP contribution in [0.5, 0.6) is 0 Å². The van der Waals surface area contributed by atoms with E-state index in [2.05, 4.69) is 29.3 Å². The summed E-state index contributed by atoms with van der Waals surface area (Å²) in [5.41, 5.74) is 4.31. The van der Waals surface area contributed by atoms with Crippen LogP contribution in [0.25, 0.3) is 0 Å². The fraction of sp³-hybridized carbons (Fsp3) is 0.188. The normalized spacial score (nSPS) is 14.6. The number of carbonyl (C=O) groups excluding carboxylic acids is 1. The molecule has 0 radical (unpaired) electrons. The van der Waals surface area contributed by atoms with Gasteiger partial charge in [-0.25, -0.2) is 0 Å². The molecule has 1 aliphatic rings. The third kappa shape index (κ3) is 2.19. The molecule has 1 aliphatic heterocycles. The molecule has 0 spiro atoms. The molecule has 1 amide bonds. The SMILES string of the molecule is Cc1ccccc1N1CCC(=O)Nc2ccccc21. The van der Waals surface area contributed by atoms with Crippen LogP contribution in [0.4, 0.5) is 17.1 Å². The molecular weight excluding hydrogens is 236 g/mol. The Balaban J connectivity index is 2.12.